The highest BCUT2D eigenvalue weighted by Gasteiger charge is 2.18. The highest BCUT2D eigenvalue weighted by Crippen LogP contribution is 2.29. The summed E-state index contributed by atoms with van der Waals surface area (Å²) in [5.74, 6) is 0. The Morgan fingerprint density at radius 1 is 1.37 bits per heavy atom. The summed E-state index contributed by atoms with van der Waals surface area (Å²) in [5.41, 5.74) is 5.86. The minimum absolute atomic E-state index is 0.948. The average molecular weight is 274 g/mol. The van der Waals surface area contributed by atoms with Crippen molar-refractivity contribution in [3.63, 3.8) is 0 Å². The smallest absolute Gasteiger partial charge is 0.182 e. The van der Waals surface area contributed by atoms with Crippen LogP contribution in [-0.4, -0.2) is 35.5 Å². The molecule has 0 aliphatic carbocycles. The van der Waals surface area contributed by atoms with Gasteiger partial charge in [0.15, 0.2) is 5.13 Å². The molecule has 0 fully saturated rings. The molecule has 0 bridgehead atoms. The zero-order valence-electron chi connectivity index (χ0n) is 11.5. The number of aryl methyl sites for hydroxylation is 1. The van der Waals surface area contributed by atoms with Crippen molar-refractivity contribution in [1.29, 1.82) is 0 Å². The summed E-state index contributed by atoms with van der Waals surface area (Å²) in [6, 6.07) is 2.27. The number of nitrogens with zero attached hydrogens (tertiary/aromatic N) is 3. The first kappa shape index (κ1) is 12.6. The van der Waals surface area contributed by atoms with E-state index in [2.05, 4.69) is 40.6 Å². The van der Waals surface area contributed by atoms with Crippen molar-refractivity contribution < 1.29 is 0 Å². The minimum atomic E-state index is 0.948. The van der Waals surface area contributed by atoms with E-state index in [4.69, 9.17) is 4.98 Å². The second-order valence-corrected chi connectivity index (χ2v) is 5.86. The van der Waals surface area contributed by atoms with Crippen LogP contribution in [0.5, 0.6) is 0 Å². The predicted octanol–water partition coefficient (Wildman–Crippen LogP) is 2.54. The molecule has 2 aromatic heterocycles. The van der Waals surface area contributed by atoms with Crippen LogP contribution in [0.4, 0.5) is 5.13 Å². The molecule has 1 aliphatic rings. The van der Waals surface area contributed by atoms with Gasteiger partial charge in [-0.15, -0.1) is 11.3 Å². The maximum absolute atomic E-state index is 4.78. The molecule has 0 radical (unpaired) electrons. The molecule has 19 heavy (non-hydrogen) atoms. The maximum atomic E-state index is 4.78. The van der Waals surface area contributed by atoms with Gasteiger partial charge in [0, 0.05) is 48.9 Å². The number of hydrogen-bond acceptors (Lipinski definition) is 5. The van der Waals surface area contributed by atoms with E-state index in [-0.39, 0.29) is 0 Å². The van der Waals surface area contributed by atoms with Crippen molar-refractivity contribution in [1.82, 2.24) is 14.9 Å². The van der Waals surface area contributed by atoms with E-state index >= 15 is 0 Å². The normalized spacial score (nSPS) is 15.3. The Hall–Kier alpha value is -1.46. The summed E-state index contributed by atoms with van der Waals surface area (Å²) in [6.45, 7) is 4.16. The van der Waals surface area contributed by atoms with Crippen molar-refractivity contribution >= 4 is 16.5 Å². The number of hydrogen-bond donors (Lipinski definition) is 1. The number of aromatic nitrogens is 2. The van der Waals surface area contributed by atoms with E-state index in [1.54, 1.807) is 11.3 Å². The van der Waals surface area contributed by atoms with Gasteiger partial charge in [0.2, 0.25) is 0 Å². The first-order valence-corrected chi connectivity index (χ1v) is 7.37. The van der Waals surface area contributed by atoms with Crippen molar-refractivity contribution in [2.24, 2.45) is 0 Å². The largest absolute Gasteiger partial charge is 0.365 e. The lowest BCUT2D eigenvalue weighted by Gasteiger charge is -2.25. The number of rotatable bonds is 2. The van der Waals surface area contributed by atoms with E-state index in [1.165, 1.54) is 11.3 Å². The zero-order valence-corrected chi connectivity index (χ0v) is 12.3. The molecule has 100 valence electrons. The third-order valence-electron chi connectivity index (χ3n) is 3.55. The molecule has 5 heteroatoms. The molecule has 0 amide bonds. The van der Waals surface area contributed by atoms with Gasteiger partial charge < -0.3 is 10.2 Å². The molecular formula is C14H18N4S. The lowest BCUT2D eigenvalue weighted by Crippen LogP contribution is -2.27. The molecule has 2 aromatic rings. The van der Waals surface area contributed by atoms with Crippen LogP contribution in [0, 0.1) is 6.92 Å². The van der Waals surface area contributed by atoms with Gasteiger partial charge >= 0.3 is 0 Å². The van der Waals surface area contributed by atoms with Crippen LogP contribution in [-0.2, 0) is 13.0 Å². The number of likely N-dealkylation sites (N-methyl/N-ethyl adjacent to an activating group) is 1. The predicted molar refractivity (Wildman–Crippen MR) is 79.7 cm³/mol. The highest BCUT2D eigenvalue weighted by molar-refractivity contribution is 7.14. The van der Waals surface area contributed by atoms with Crippen LogP contribution < -0.4 is 5.32 Å². The fourth-order valence-electron chi connectivity index (χ4n) is 2.49. The molecule has 0 saturated carbocycles. The molecular weight excluding hydrogens is 256 g/mol. The topological polar surface area (TPSA) is 41.1 Å². The van der Waals surface area contributed by atoms with E-state index < -0.39 is 0 Å². The van der Waals surface area contributed by atoms with Crippen LogP contribution >= 0.6 is 11.3 Å². The molecule has 1 aliphatic heterocycles. The fraction of sp³-hybridized carbons (Fsp3) is 0.429. The fourth-order valence-corrected chi connectivity index (χ4v) is 3.16. The molecule has 0 spiro atoms. The summed E-state index contributed by atoms with van der Waals surface area (Å²) >= 11 is 1.63. The molecule has 0 aromatic carbocycles. The standard InChI is InChI=1S/C14H18N4S/c1-9-11(13-8-19-14(15-2)17-13)6-10-7-18(3)5-4-12(10)16-9/h6,8H,4-5,7H2,1-3H3,(H,15,17). The Morgan fingerprint density at radius 2 is 2.21 bits per heavy atom. The van der Waals surface area contributed by atoms with E-state index in [0.717, 1.165) is 41.6 Å². The summed E-state index contributed by atoms with van der Waals surface area (Å²) < 4.78 is 0. The second kappa shape index (κ2) is 4.90. The van der Waals surface area contributed by atoms with Gasteiger partial charge in [-0.25, -0.2) is 4.98 Å². The first-order valence-electron chi connectivity index (χ1n) is 6.49. The molecule has 3 heterocycles. The Balaban J connectivity index is 2.04. The van der Waals surface area contributed by atoms with Gasteiger partial charge in [-0.2, -0.15) is 0 Å². The minimum Gasteiger partial charge on any atom is -0.365 e. The van der Waals surface area contributed by atoms with Crippen LogP contribution in [0.2, 0.25) is 0 Å². The van der Waals surface area contributed by atoms with Crippen molar-refractivity contribution in [2.45, 2.75) is 19.9 Å². The van der Waals surface area contributed by atoms with Crippen molar-refractivity contribution in [3.05, 3.63) is 28.4 Å². The van der Waals surface area contributed by atoms with E-state index in [1.807, 2.05) is 7.05 Å². The molecule has 3 rings (SSSR count). The Kier molecular flexibility index (Phi) is 3.24. The van der Waals surface area contributed by atoms with Gasteiger partial charge in [0.1, 0.15) is 0 Å². The molecule has 0 unspecified atom stereocenters. The number of thiazole rings is 1. The number of nitrogens with one attached hydrogen (secondary N) is 1. The molecule has 1 N–H and O–H groups in total. The first-order chi connectivity index (χ1) is 9.17. The van der Waals surface area contributed by atoms with Crippen LogP contribution in [0.25, 0.3) is 11.3 Å². The van der Waals surface area contributed by atoms with Gasteiger partial charge in [-0.05, 0) is 25.6 Å². The summed E-state index contributed by atoms with van der Waals surface area (Å²) in [5, 5.41) is 6.13. The Morgan fingerprint density at radius 3 is 2.95 bits per heavy atom. The van der Waals surface area contributed by atoms with Gasteiger partial charge in [0.05, 0.1) is 5.69 Å². The van der Waals surface area contributed by atoms with E-state index in [0.29, 0.717) is 0 Å². The van der Waals surface area contributed by atoms with Gasteiger partial charge in [-0.3, -0.25) is 4.98 Å². The molecule has 4 nitrogen and oxygen atoms in total. The monoisotopic (exact) mass is 274 g/mol. The highest BCUT2D eigenvalue weighted by atomic mass is 32.1. The molecule has 0 saturated heterocycles. The SMILES string of the molecule is CNc1nc(-c2cc3c(nc2C)CCN(C)C3)cs1. The van der Waals surface area contributed by atoms with Crippen molar-refractivity contribution in [2.75, 3.05) is 26.0 Å². The lowest BCUT2D eigenvalue weighted by molar-refractivity contribution is 0.310. The Labute approximate surface area is 117 Å². The molecule has 0 atom stereocenters. The van der Waals surface area contributed by atoms with E-state index in [9.17, 15) is 0 Å². The third-order valence-corrected chi connectivity index (χ3v) is 4.41. The van der Waals surface area contributed by atoms with Crippen LogP contribution in [0.3, 0.4) is 0 Å². The zero-order chi connectivity index (χ0) is 13.4. The van der Waals surface area contributed by atoms with Crippen LogP contribution in [0.1, 0.15) is 17.0 Å². The quantitative estimate of drug-likeness (QED) is 0.913. The summed E-state index contributed by atoms with van der Waals surface area (Å²) in [6.07, 6.45) is 1.05. The number of pyridine rings is 1. The average Bonchev–Trinajstić information content (AvgIpc) is 2.87. The summed E-state index contributed by atoms with van der Waals surface area (Å²) in [7, 11) is 4.06. The lowest BCUT2D eigenvalue weighted by atomic mass is 10.0. The van der Waals surface area contributed by atoms with Gasteiger partial charge in [-0.1, -0.05) is 0 Å². The second-order valence-electron chi connectivity index (χ2n) is 5.00. The maximum Gasteiger partial charge on any atom is 0.182 e. The number of anilines is 1. The third kappa shape index (κ3) is 2.35. The van der Waals surface area contributed by atoms with Crippen LogP contribution in [0.15, 0.2) is 11.4 Å². The Bertz CT molecular complexity index is 605. The van der Waals surface area contributed by atoms with Gasteiger partial charge in [0.25, 0.3) is 0 Å². The number of fused-ring (bicyclic) bond motifs is 1. The summed E-state index contributed by atoms with van der Waals surface area (Å²) in [4.78, 5) is 11.7. The van der Waals surface area contributed by atoms with Crippen molar-refractivity contribution in [3.8, 4) is 11.3 Å².